The fourth-order valence-electron chi connectivity index (χ4n) is 1.29. The van der Waals surface area contributed by atoms with Gasteiger partial charge in [-0.3, -0.25) is 0 Å². The Kier molecular flexibility index (Phi) is 2.79. The molecule has 1 fully saturated rings. The lowest BCUT2D eigenvalue weighted by atomic mass is 9.93. The average Bonchev–Trinajstić information content (AvgIpc) is 2.11. The Labute approximate surface area is 75.7 Å². The predicted octanol–water partition coefficient (Wildman–Crippen LogP) is 1.94. The quantitative estimate of drug-likeness (QED) is 0.685. The van der Waals surface area contributed by atoms with Gasteiger partial charge in [0.1, 0.15) is 0 Å². The van der Waals surface area contributed by atoms with Crippen molar-refractivity contribution in [3.05, 3.63) is 0 Å². The molecule has 1 saturated heterocycles. The van der Waals surface area contributed by atoms with Crippen LogP contribution in [0.25, 0.3) is 0 Å². The number of rotatable bonds is 2. The van der Waals surface area contributed by atoms with E-state index in [1.807, 2.05) is 0 Å². The Morgan fingerprint density at radius 1 is 1.25 bits per heavy atom. The van der Waals surface area contributed by atoms with E-state index in [2.05, 4.69) is 33.0 Å². The van der Waals surface area contributed by atoms with Crippen LogP contribution in [0.2, 0.25) is 0 Å². The molecule has 0 bridgehead atoms. The first-order valence-corrected chi connectivity index (χ1v) is 4.92. The summed E-state index contributed by atoms with van der Waals surface area (Å²) in [6, 6.07) is 0. The maximum absolute atomic E-state index is 5.86. The molecule has 0 aliphatic carbocycles. The van der Waals surface area contributed by atoms with E-state index in [1.165, 1.54) is 0 Å². The zero-order chi connectivity index (χ0) is 9.24. The van der Waals surface area contributed by atoms with E-state index in [4.69, 9.17) is 4.74 Å². The van der Waals surface area contributed by atoms with Gasteiger partial charge in [-0.1, -0.05) is 13.8 Å². The SMILES string of the molecule is CCC1(C)COC(C)(CC)CN1. The molecule has 72 valence electrons. The van der Waals surface area contributed by atoms with Gasteiger partial charge in [0, 0.05) is 12.1 Å². The molecule has 0 amide bonds. The minimum Gasteiger partial charge on any atom is -0.372 e. The molecule has 1 aliphatic rings. The molecular weight excluding hydrogens is 150 g/mol. The van der Waals surface area contributed by atoms with Crippen molar-refractivity contribution in [2.24, 2.45) is 0 Å². The first-order chi connectivity index (χ1) is 5.54. The summed E-state index contributed by atoms with van der Waals surface area (Å²) in [5.41, 5.74) is 0.267. The maximum Gasteiger partial charge on any atom is 0.0776 e. The fraction of sp³-hybridized carbons (Fsp3) is 1.00. The van der Waals surface area contributed by atoms with E-state index in [1.54, 1.807) is 0 Å². The molecule has 0 saturated carbocycles. The predicted molar refractivity (Wildman–Crippen MR) is 51.3 cm³/mol. The van der Waals surface area contributed by atoms with E-state index in [0.29, 0.717) is 0 Å². The smallest absolute Gasteiger partial charge is 0.0776 e. The second kappa shape index (κ2) is 3.35. The number of hydrogen-bond donors (Lipinski definition) is 1. The molecule has 0 spiro atoms. The van der Waals surface area contributed by atoms with Crippen molar-refractivity contribution in [2.75, 3.05) is 13.2 Å². The van der Waals surface area contributed by atoms with Gasteiger partial charge in [-0.25, -0.2) is 0 Å². The van der Waals surface area contributed by atoms with Crippen LogP contribution in [-0.2, 0) is 4.74 Å². The van der Waals surface area contributed by atoms with Gasteiger partial charge in [0.05, 0.1) is 12.2 Å². The van der Waals surface area contributed by atoms with Gasteiger partial charge in [0.2, 0.25) is 0 Å². The summed E-state index contributed by atoms with van der Waals surface area (Å²) in [6.45, 7) is 10.6. The second-order valence-corrected chi connectivity index (χ2v) is 4.36. The minimum absolute atomic E-state index is 0.0642. The monoisotopic (exact) mass is 171 g/mol. The fourth-order valence-corrected chi connectivity index (χ4v) is 1.29. The van der Waals surface area contributed by atoms with Gasteiger partial charge in [-0.15, -0.1) is 0 Å². The molecule has 0 aromatic carbocycles. The van der Waals surface area contributed by atoms with Gasteiger partial charge >= 0.3 is 0 Å². The van der Waals surface area contributed by atoms with Gasteiger partial charge < -0.3 is 10.1 Å². The molecule has 2 nitrogen and oxygen atoms in total. The second-order valence-electron chi connectivity index (χ2n) is 4.36. The summed E-state index contributed by atoms with van der Waals surface area (Å²) in [5.74, 6) is 0. The summed E-state index contributed by atoms with van der Waals surface area (Å²) >= 11 is 0. The first kappa shape index (κ1) is 10.0. The molecular formula is C10H21NO. The van der Waals surface area contributed by atoms with Crippen molar-refractivity contribution in [2.45, 2.75) is 51.7 Å². The van der Waals surface area contributed by atoms with Crippen LogP contribution in [-0.4, -0.2) is 24.3 Å². The minimum atomic E-state index is 0.0642. The Morgan fingerprint density at radius 2 is 1.92 bits per heavy atom. The third kappa shape index (κ3) is 1.99. The average molecular weight is 171 g/mol. The summed E-state index contributed by atoms with van der Waals surface area (Å²) in [5, 5.41) is 3.56. The van der Waals surface area contributed by atoms with Crippen LogP contribution >= 0.6 is 0 Å². The Bertz CT molecular complexity index is 130. The summed E-state index contributed by atoms with van der Waals surface area (Å²) in [6.07, 6.45) is 2.21. The van der Waals surface area contributed by atoms with E-state index >= 15 is 0 Å². The summed E-state index contributed by atoms with van der Waals surface area (Å²) in [7, 11) is 0. The maximum atomic E-state index is 5.86. The largest absolute Gasteiger partial charge is 0.372 e. The van der Waals surface area contributed by atoms with Gasteiger partial charge in [-0.05, 0) is 26.7 Å². The van der Waals surface area contributed by atoms with Crippen molar-refractivity contribution in [3.8, 4) is 0 Å². The number of hydrogen-bond acceptors (Lipinski definition) is 2. The van der Waals surface area contributed by atoms with Crippen molar-refractivity contribution in [3.63, 3.8) is 0 Å². The molecule has 1 aliphatic heterocycles. The van der Waals surface area contributed by atoms with Crippen LogP contribution in [0.15, 0.2) is 0 Å². The molecule has 0 radical (unpaired) electrons. The van der Waals surface area contributed by atoms with Crippen molar-refractivity contribution in [1.82, 2.24) is 5.32 Å². The van der Waals surface area contributed by atoms with E-state index in [0.717, 1.165) is 26.0 Å². The van der Waals surface area contributed by atoms with E-state index in [-0.39, 0.29) is 11.1 Å². The van der Waals surface area contributed by atoms with Crippen LogP contribution in [0, 0.1) is 0 Å². The lowest BCUT2D eigenvalue weighted by molar-refractivity contribution is -0.0964. The standard InChI is InChI=1S/C10H21NO/c1-5-9(3)8-12-10(4,6-2)7-11-9/h11H,5-8H2,1-4H3. The Balaban J connectivity index is 2.49. The lowest BCUT2D eigenvalue weighted by Crippen LogP contribution is -2.59. The number of nitrogens with one attached hydrogen (secondary N) is 1. The van der Waals surface area contributed by atoms with Crippen LogP contribution in [0.3, 0.4) is 0 Å². The zero-order valence-electron chi connectivity index (χ0n) is 8.74. The topological polar surface area (TPSA) is 21.3 Å². The van der Waals surface area contributed by atoms with Crippen LogP contribution < -0.4 is 5.32 Å². The van der Waals surface area contributed by atoms with Crippen LogP contribution in [0.1, 0.15) is 40.5 Å². The Morgan fingerprint density at radius 3 is 2.25 bits per heavy atom. The Hall–Kier alpha value is -0.0800. The molecule has 1 rings (SSSR count). The normalized spacial score (nSPS) is 43.0. The molecule has 0 aromatic rings. The third-order valence-electron chi connectivity index (χ3n) is 3.16. The molecule has 2 unspecified atom stereocenters. The molecule has 12 heavy (non-hydrogen) atoms. The van der Waals surface area contributed by atoms with Crippen LogP contribution in [0.4, 0.5) is 0 Å². The summed E-state index contributed by atoms with van der Waals surface area (Å²) in [4.78, 5) is 0. The van der Waals surface area contributed by atoms with E-state index < -0.39 is 0 Å². The molecule has 0 aromatic heterocycles. The molecule has 1 heterocycles. The number of morpholine rings is 1. The highest BCUT2D eigenvalue weighted by molar-refractivity contribution is 4.92. The first-order valence-electron chi connectivity index (χ1n) is 4.92. The van der Waals surface area contributed by atoms with Gasteiger partial charge in [0.25, 0.3) is 0 Å². The van der Waals surface area contributed by atoms with Crippen molar-refractivity contribution >= 4 is 0 Å². The molecule has 2 heteroatoms. The number of ether oxygens (including phenoxy) is 1. The highest BCUT2D eigenvalue weighted by Gasteiger charge is 2.35. The van der Waals surface area contributed by atoms with Gasteiger partial charge in [0.15, 0.2) is 0 Å². The molecule has 2 atom stereocenters. The lowest BCUT2D eigenvalue weighted by Gasteiger charge is -2.43. The van der Waals surface area contributed by atoms with Gasteiger partial charge in [-0.2, -0.15) is 0 Å². The van der Waals surface area contributed by atoms with E-state index in [9.17, 15) is 0 Å². The van der Waals surface area contributed by atoms with Crippen molar-refractivity contribution < 1.29 is 4.74 Å². The van der Waals surface area contributed by atoms with Crippen molar-refractivity contribution in [1.29, 1.82) is 0 Å². The highest BCUT2D eigenvalue weighted by Crippen LogP contribution is 2.24. The zero-order valence-corrected chi connectivity index (χ0v) is 8.74. The van der Waals surface area contributed by atoms with Crippen LogP contribution in [0.5, 0.6) is 0 Å². The highest BCUT2D eigenvalue weighted by atomic mass is 16.5. The summed E-state index contributed by atoms with van der Waals surface area (Å²) < 4.78 is 5.86. The molecule has 1 N–H and O–H groups in total. The third-order valence-corrected chi connectivity index (χ3v) is 3.16.